The van der Waals surface area contributed by atoms with Gasteiger partial charge < -0.3 is 20.8 Å². The molecule has 5 rings (SSSR count). The van der Waals surface area contributed by atoms with Gasteiger partial charge >= 0.3 is 0 Å². The van der Waals surface area contributed by atoms with Crippen LogP contribution in [0.4, 0.5) is 11.4 Å². The number of aliphatic imine (C=N–C) groups is 1. The van der Waals surface area contributed by atoms with Gasteiger partial charge in [-0.1, -0.05) is 19.3 Å². The largest absolute Gasteiger partial charge is 0.383 e. The molecule has 0 amide bonds. The molecule has 8 nitrogen and oxygen atoms in total. The number of hydrogen-bond donors (Lipinski definition) is 3. The molecule has 1 saturated heterocycles. The number of anilines is 1. The van der Waals surface area contributed by atoms with Gasteiger partial charge in [0.1, 0.15) is 11.4 Å². The molecule has 1 saturated carbocycles. The number of ether oxygens (including phenoxy) is 1. The Bertz CT molecular complexity index is 1180. The van der Waals surface area contributed by atoms with E-state index in [1.165, 1.54) is 10.5 Å². The van der Waals surface area contributed by atoms with Gasteiger partial charge in [0.15, 0.2) is 0 Å². The minimum Gasteiger partial charge on any atom is -0.383 e. The van der Waals surface area contributed by atoms with Gasteiger partial charge in [-0.2, -0.15) is 5.26 Å². The zero-order valence-corrected chi connectivity index (χ0v) is 20.7. The molecule has 1 aromatic carbocycles. The van der Waals surface area contributed by atoms with E-state index in [0.717, 1.165) is 70.4 Å². The van der Waals surface area contributed by atoms with Crippen molar-refractivity contribution in [1.82, 2.24) is 9.29 Å². The third-order valence-corrected chi connectivity index (χ3v) is 8.43. The van der Waals surface area contributed by atoms with Crippen LogP contribution in [0.3, 0.4) is 0 Å². The number of aromatic nitrogens is 1. The molecule has 184 valence electrons. The molecule has 9 heteroatoms. The molecule has 1 unspecified atom stereocenters. The first kappa shape index (κ1) is 23.9. The summed E-state index contributed by atoms with van der Waals surface area (Å²) >= 11 is 1.80. The summed E-state index contributed by atoms with van der Waals surface area (Å²) in [6.45, 7) is 2.51. The standard InChI is InChI=1S/C26H32N6O2S/c27-15-17-4-2-1-3-5-21(17)31-22-8-11-29-26(33)24(22)25(28)30-19-6-7-23-18(14-19)16-32(35-23)20-9-12-34-13-10-20/h6-8,11,14,17,20-21H,1-5,9-10,12-13,16H2,(H2,28,30)(H2,29,31,33)/t17?,21-/m0/s1. The summed E-state index contributed by atoms with van der Waals surface area (Å²) in [4.78, 5) is 21.4. The Labute approximate surface area is 210 Å². The van der Waals surface area contributed by atoms with E-state index in [2.05, 4.69) is 37.8 Å². The Hall–Kier alpha value is -2.80. The van der Waals surface area contributed by atoms with Crippen LogP contribution >= 0.6 is 11.9 Å². The summed E-state index contributed by atoms with van der Waals surface area (Å²) in [5.74, 6) is 0.0825. The van der Waals surface area contributed by atoms with Crippen molar-refractivity contribution < 1.29 is 4.74 Å². The highest BCUT2D eigenvalue weighted by Crippen LogP contribution is 2.41. The van der Waals surface area contributed by atoms with E-state index in [9.17, 15) is 10.1 Å². The number of fused-ring (bicyclic) bond motifs is 1. The summed E-state index contributed by atoms with van der Waals surface area (Å²) in [7, 11) is 0. The second-order valence-electron chi connectivity index (χ2n) is 9.52. The van der Waals surface area contributed by atoms with Crippen molar-refractivity contribution in [2.75, 3.05) is 18.5 Å². The predicted octanol–water partition coefficient (Wildman–Crippen LogP) is 4.30. The number of H-pyrrole nitrogens is 1. The Balaban J connectivity index is 1.37. The highest BCUT2D eigenvalue weighted by Gasteiger charge is 2.29. The highest BCUT2D eigenvalue weighted by molar-refractivity contribution is 7.97. The maximum absolute atomic E-state index is 12.8. The van der Waals surface area contributed by atoms with Crippen molar-refractivity contribution in [1.29, 1.82) is 5.26 Å². The SMILES string of the molecule is N#CC1CCCCC[C@@H]1Nc1cc[nH]c(=O)c1C(N)=Nc1ccc2c(c1)CN(C1CCOCC1)S2. The first-order valence-electron chi connectivity index (χ1n) is 12.5. The van der Waals surface area contributed by atoms with E-state index in [-0.39, 0.29) is 23.4 Å². The number of nitrogens with zero attached hydrogens (tertiary/aromatic N) is 3. The van der Waals surface area contributed by atoms with Gasteiger partial charge in [-0.05, 0) is 67.5 Å². The Morgan fingerprint density at radius 2 is 2.03 bits per heavy atom. The number of benzene rings is 1. The third kappa shape index (κ3) is 5.40. The van der Waals surface area contributed by atoms with Crippen molar-refractivity contribution in [3.8, 4) is 6.07 Å². The summed E-state index contributed by atoms with van der Waals surface area (Å²) < 4.78 is 7.95. The number of nitrogens with one attached hydrogen (secondary N) is 2. The second-order valence-corrected chi connectivity index (χ2v) is 10.6. The molecular formula is C26H32N6O2S. The lowest BCUT2D eigenvalue weighted by molar-refractivity contribution is 0.0604. The molecule has 0 radical (unpaired) electrons. The topological polar surface area (TPSA) is 120 Å². The van der Waals surface area contributed by atoms with Crippen LogP contribution in [-0.2, 0) is 11.3 Å². The summed E-state index contributed by atoms with van der Waals surface area (Å²) in [5, 5.41) is 13.1. The van der Waals surface area contributed by atoms with Crippen molar-refractivity contribution in [2.24, 2.45) is 16.6 Å². The molecule has 3 aliphatic rings. The zero-order chi connectivity index (χ0) is 24.2. The van der Waals surface area contributed by atoms with Crippen LogP contribution in [0.25, 0.3) is 0 Å². The zero-order valence-electron chi connectivity index (χ0n) is 19.8. The maximum atomic E-state index is 12.8. The minimum atomic E-state index is -0.291. The van der Waals surface area contributed by atoms with Crippen molar-refractivity contribution in [3.63, 3.8) is 0 Å². The predicted molar refractivity (Wildman–Crippen MR) is 139 cm³/mol. The molecule has 0 spiro atoms. The van der Waals surface area contributed by atoms with Gasteiger partial charge in [-0.3, -0.25) is 4.79 Å². The van der Waals surface area contributed by atoms with Crippen molar-refractivity contribution in [2.45, 2.75) is 68.5 Å². The number of rotatable bonds is 5. The van der Waals surface area contributed by atoms with E-state index >= 15 is 0 Å². The van der Waals surface area contributed by atoms with Gasteiger partial charge in [0, 0.05) is 42.9 Å². The number of nitrogens with two attached hydrogens (primary N) is 1. The lowest BCUT2D eigenvalue weighted by atomic mass is 9.96. The molecule has 0 bridgehead atoms. The average molecular weight is 493 g/mol. The maximum Gasteiger partial charge on any atom is 0.261 e. The second kappa shape index (κ2) is 10.9. The van der Waals surface area contributed by atoms with E-state index in [1.54, 1.807) is 18.1 Å². The Morgan fingerprint density at radius 1 is 1.20 bits per heavy atom. The van der Waals surface area contributed by atoms with Crippen LogP contribution in [0.2, 0.25) is 0 Å². The third-order valence-electron chi connectivity index (χ3n) is 7.17. The van der Waals surface area contributed by atoms with Gasteiger partial charge in [-0.15, -0.1) is 0 Å². The highest BCUT2D eigenvalue weighted by atomic mass is 32.2. The normalized spacial score (nSPS) is 23.9. The molecule has 35 heavy (non-hydrogen) atoms. The fraction of sp³-hybridized carbons (Fsp3) is 0.500. The first-order valence-corrected chi connectivity index (χ1v) is 13.3. The van der Waals surface area contributed by atoms with Gasteiger partial charge in [-0.25, -0.2) is 9.30 Å². The number of pyridine rings is 1. The molecule has 3 heterocycles. The molecular weight excluding hydrogens is 460 g/mol. The molecule has 1 aliphatic carbocycles. The van der Waals surface area contributed by atoms with E-state index in [0.29, 0.717) is 17.3 Å². The van der Waals surface area contributed by atoms with Crippen LogP contribution in [0.15, 0.2) is 45.1 Å². The summed E-state index contributed by atoms with van der Waals surface area (Å²) in [6, 6.07) is 10.9. The van der Waals surface area contributed by atoms with Crippen molar-refractivity contribution >= 4 is 29.2 Å². The van der Waals surface area contributed by atoms with Crippen molar-refractivity contribution in [3.05, 3.63) is 51.9 Å². The fourth-order valence-corrected chi connectivity index (χ4v) is 6.42. The van der Waals surface area contributed by atoms with Crippen LogP contribution in [0, 0.1) is 17.2 Å². The average Bonchev–Trinajstić information content (AvgIpc) is 3.16. The molecule has 2 aromatic rings. The van der Waals surface area contributed by atoms with Gasteiger partial charge in [0.2, 0.25) is 0 Å². The number of hydrogen-bond acceptors (Lipinski definition) is 7. The van der Waals surface area contributed by atoms with Crippen LogP contribution in [-0.4, -0.2) is 40.4 Å². The quantitative estimate of drug-likeness (QED) is 0.246. The molecule has 2 atom stereocenters. The lowest BCUT2D eigenvalue weighted by Gasteiger charge is -2.29. The van der Waals surface area contributed by atoms with Crippen LogP contribution < -0.4 is 16.6 Å². The fourth-order valence-electron chi connectivity index (χ4n) is 5.23. The molecule has 2 fully saturated rings. The summed E-state index contributed by atoms with van der Waals surface area (Å²) in [6.07, 6.45) is 8.74. The number of aromatic amines is 1. The van der Waals surface area contributed by atoms with Crippen LogP contribution in [0.5, 0.6) is 0 Å². The number of amidine groups is 1. The number of nitriles is 1. The minimum absolute atomic E-state index is 0.0101. The van der Waals surface area contributed by atoms with Gasteiger partial charge in [0.05, 0.1) is 23.4 Å². The summed E-state index contributed by atoms with van der Waals surface area (Å²) in [5.41, 5.74) is 9.04. The Kier molecular flexibility index (Phi) is 7.42. The van der Waals surface area contributed by atoms with E-state index in [1.807, 2.05) is 12.1 Å². The first-order chi connectivity index (χ1) is 17.1. The molecule has 1 aromatic heterocycles. The lowest BCUT2D eigenvalue weighted by Crippen LogP contribution is -2.32. The van der Waals surface area contributed by atoms with Crippen LogP contribution in [0.1, 0.15) is 56.1 Å². The monoisotopic (exact) mass is 492 g/mol. The Morgan fingerprint density at radius 3 is 2.86 bits per heavy atom. The molecule has 2 aliphatic heterocycles. The molecule has 4 N–H and O–H groups in total. The van der Waals surface area contributed by atoms with Gasteiger partial charge in [0.25, 0.3) is 5.56 Å². The smallest absolute Gasteiger partial charge is 0.261 e. The van der Waals surface area contributed by atoms with E-state index in [4.69, 9.17) is 10.5 Å². The van der Waals surface area contributed by atoms with E-state index < -0.39 is 0 Å².